The first kappa shape index (κ1) is 12.3. The van der Waals surface area contributed by atoms with Gasteiger partial charge in [-0.3, -0.25) is 10.4 Å². The Balaban J connectivity index is 1.60. The van der Waals surface area contributed by atoms with Crippen molar-refractivity contribution in [2.75, 3.05) is 10.4 Å². The van der Waals surface area contributed by atoms with Crippen molar-refractivity contribution in [3.63, 3.8) is 0 Å². The van der Waals surface area contributed by atoms with Crippen molar-refractivity contribution >= 4 is 17.8 Å². The first-order valence-corrected chi connectivity index (χ1v) is 7.29. The molecule has 0 bridgehead atoms. The van der Waals surface area contributed by atoms with Crippen molar-refractivity contribution < 1.29 is 0 Å². The highest BCUT2D eigenvalue weighted by Crippen LogP contribution is 2.40. The van der Waals surface area contributed by atoms with Gasteiger partial charge in [0.2, 0.25) is 0 Å². The minimum absolute atomic E-state index is 0.317. The third-order valence-corrected chi connectivity index (χ3v) is 4.02. The number of hydrogen-bond donors (Lipinski definition) is 2. The van der Waals surface area contributed by atoms with Crippen molar-refractivity contribution in [1.29, 1.82) is 0 Å². The van der Waals surface area contributed by atoms with Gasteiger partial charge in [0.25, 0.3) is 0 Å². The summed E-state index contributed by atoms with van der Waals surface area (Å²) in [4.78, 5) is 8.91. The third-order valence-electron chi connectivity index (χ3n) is 4.02. The highest BCUT2D eigenvalue weighted by atomic mass is 15.7. The van der Waals surface area contributed by atoms with E-state index in [0.717, 1.165) is 18.7 Å². The monoisotopic (exact) mass is 279 g/mol. The average Bonchev–Trinajstić information content (AvgIpc) is 2.56. The van der Waals surface area contributed by atoms with E-state index in [-0.39, 0.29) is 0 Å². The van der Waals surface area contributed by atoms with Gasteiger partial charge in [-0.25, -0.2) is 9.99 Å². The van der Waals surface area contributed by atoms with Crippen LogP contribution < -0.4 is 16.0 Å². The minimum atomic E-state index is 0.317. The topological polar surface area (TPSA) is 52.5 Å². The summed E-state index contributed by atoms with van der Waals surface area (Å²) in [5.74, 6) is 0.776. The fraction of sp³-hybridized carbons (Fsp3) is 0.250. The molecule has 5 heteroatoms. The molecule has 0 saturated heterocycles. The third kappa shape index (κ3) is 2.25. The number of pyridine rings is 1. The van der Waals surface area contributed by atoms with Crippen LogP contribution in [0.3, 0.4) is 0 Å². The number of aliphatic imine (C=N–C) groups is 1. The first-order valence-electron chi connectivity index (χ1n) is 7.29. The van der Waals surface area contributed by atoms with Gasteiger partial charge < -0.3 is 0 Å². The van der Waals surface area contributed by atoms with Gasteiger partial charge in [-0.1, -0.05) is 18.2 Å². The van der Waals surface area contributed by atoms with Gasteiger partial charge in [0.05, 0.1) is 11.7 Å². The molecule has 2 N–H and O–H groups in total. The van der Waals surface area contributed by atoms with Crippen LogP contribution in [0.1, 0.15) is 30.0 Å². The predicted molar refractivity (Wildman–Crippen MR) is 84.1 cm³/mol. The molecule has 106 valence electrons. The molecule has 1 aliphatic heterocycles. The molecule has 1 unspecified atom stereocenters. The lowest BCUT2D eigenvalue weighted by Gasteiger charge is -2.34. The number of hydrogen-bond acceptors (Lipinski definition) is 5. The van der Waals surface area contributed by atoms with E-state index in [0.29, 0.717) is 6.04 Å². The van der Waals surface area contributed by atoms with Crippen LogP contribution in [0, 0.1) is 0 Å². The maximum absolute atomic E-state index is 4.67. The van der Waals surface area contributed by atoms with Crippen LogP contribution in [0.25, 0.3) is 0 Å². The number of rotatable bonds is 3. The maximum Gasteiger partial charge on any atom is 0.141 e. The lowest BCUT2D eigenvalue weighted by atomic mass is 9.86. The molecule has 1 aromatic heterocycles. The second-order valence-electron chi connectivity index (χ2n) is 5.34. The van der Waals surface area contributed by atoms with E-state index < -0.39 is 0 Å². The second kappa shape index (κ2) is 5.18. The van der Waals surface area contributed by atoms with Crippen LogP contribution in [0.5, 0.6) is 0 Å². The molecule has 1 atom stereocenters. The van der Waals surface area contributed by atoms with E-state index in [1.54, 1.807) is 6.20 Å². The number of aromatic nitrogens is 1. The molecule has 0 radical (unpaired) electrons. The Hall–Kier alpha value is -2.40. The molecule has 2 aliphatic rings. The molecule has 2 heterocycles. The lowest BCUT2D eigenvalue weighted by Crippen LogP contribution is -2.43. The number of hydrazine groups is 2. The molecule has 5 nitrogen and oxygen atoms in total. The maximum atomic E-state index is 4.67. The summed E-state index contributed by atoms with van der Waals surface area (Å²) >= 11 is 0. The Morgan fingerprint density at radius 3 is 3.05 bits per heavy atom. The summed E-state index contributed by atoms with van der Waals surface area (Å²) < 4.78 is 0. The number of benzene rings is 1. The summed E-state index contributed by atoms with van der Waals surface area (Å²) in [7, 11) is 0. The second-order valence-corrected chi connectivity index (χ2v) is 5.34. The zero-order valence-corrected chi connectivity index (χ0v) is 11.7. The van der Waals surface area contributed by atoms with Gasteiger partial charge in [0.15, 0.2) is 0 Å². The zero-order valence-electron chi connectivity index (χ0n) is 11.7. The predicted octanol–water partition coefficient (Wildman–Crippen LogP) is 2.84. The number of nitrogens with one attached hydrogen (secondary N) is 2. The highest BCUT2D eigenvalue weighted by Gasteiger charge is 2.27. The normalized spacial score (nSPS) is 19.2. The van der Waals surface area contributed by atoms with Crippen molar-refractivity contribution in [1.82, 2.24) is 10.5 Å². The van der Waals surface area contributed by atoms with Crippen LogP contribution in [0.2, 0.25) is 0 Å². The Bertz CT molecular complexity index is 668. The molecule has 1 aliphatic carbocycles. The SMILES string of the molecule is C1=NC2CCCc3cccc(c32)N1NNc1ccccn1. The molecular weight excluding hydrogens is 262 g/mol. The van der Waals surface area contributed by atoms with Crippen LogP contribution in [-0.4, -0.2) is 11.3 Å². The Labute approximate surface area is 123 Å². The molecule has 1 aromatic carbocycles. The summed E-state index contributed by atoms with van der Waals surface area (Å²) in [6.45, 7) is 0. The van der Waals surface area contributed by atoms with E-state index in [2.05, 4.69) is 39.1 Å². The zero-order chi connectivity index (χ0) is 14.1. The Morgan fingerprint density at radius 1 is 1.14 bits per heavy atom. The fourth-order valence-corrected chi connectivity index (χ4v) is 3.04. The van der Waals surface area contributed by atoms with E-state index in [1.165, 1.54) is 23.2 Å². The number of anilines is 2. The summed E-state index contributed by atoms with van der Waals surface area (Å²) in [5.41, 5.74) is 10.2. The highest BCUT2D eigenvalue weighted by molar-refractivity contribution is 5.83. The van der Waals surface area contributed by atoms with Crippen molar-refractivity contribution in [3.8, 4) is 0 Å². The largest absolute Gasteiger partial charge is 0.287 e. The minimum Gasteiger partial charge on any atom is -0.287 e. The van der Waals surface area contributed by atoms with Gasteiger partial charge in [0.1, 0.15) is 12.2 Å². The first-order chi connectivity index (χ1) is 10.4. The molecule has 0 fully saturated rings. The summed E-state index contributed by atoms with van der Waals surface area (Å²) in [5, 5.41) is 1.93. The van der Waals surface area contributed by atoms with E-state index in [1.807, 2.05) is 29.5 Å². The van der Waals surface area contributed by atoms with Crippen LogP contribution in [0.15, 0.2) is 47.6 Å². The van der Waals surface area contributed by atoms with Crippen LogP contribution in [0.4, 0.5) is 11.5 Å². The molecular formula is C16H17N5. The smallest absolute Gasteiger partial charge is 0.141 e. The Kier molecular flexibility index (Phi) is 3.05. The van der Waals surface area contributed by atoms with E-state index >= 15 is 0 Å². The Morgan fingerprint density at radius 2 is 2.14 bits per heavy atom. The van der Waals surface area contributed by atoms with Crippen LogP contribution in [-0.2, 0) is 6.42 Å². The van der Waals surface area contributed by atoms with E-state index in [9.17, 15) is 0 Å². The summed E-state index contributed by atoms with van der Waals surface area (Å²) in [6.07, 6.45) is 7.13. The molecule has 0 amide bonds. The molecule has 4 rings (SSSR count). The van der Waals surface area contributed by atoms with Gasteiger partial charge in [0, 0.05) is 11.8 Å². The van der Waals surface area contributed by atoms with Gasteiger partial charge >= 0.3 is 0 Å². The number of aryl methyl sites for hydroxylation is 1. The molecule has 21 heavy (non-hydrogen) atoms. The number of nitrogens with zero attached hydrogens (tertiary/aromatic N) is 3. The van der Waals surface area contributed by atoms with Crippen molar-refractivity contribution in [3.05, 3.63) is 53.7 Å². The standard InChI is InChI=1S/C16H17N5/c1-2-10-17-15(9-1)19-20-21-11-18-13-7-3-5-12-6-4-8-14(21)16(12)13/h1-2,4,6,8-11,13,20H,3,5,7H2,(H,17,19). The molecule has 0 spiro atoms. The lowest BCUT2D eigenvalue weighted by molar-refractivity contribution is 0.563. The molecule has 2 aromatic rings. The quantitative estimate of drug-likeness (QED) is 0.848. The average molecular weight is 279 g/mol. The molecule has 0 saturated carbocycles. The summed E-state index contributed by atoms with van der Waals surface area (Å²) in [6, 6.07) is 12.5. The van der Waals surface area contributed by atoms with Crippen LogP contribution >= 0.6 is 0 Å². The van der Waals surface area contributed by atoms with Gasteiger partial charge in [-0.15, -0.1) is 5.53 Å². The fourth-order valence-electron chi connectivity index (χ4n) is 3.04. The van der Waals surface area contributed by atoms with E-state index in [4.69, 9.17) is 0 Å². The van der Waals surface area contributed by atoms with Gasteiger partial charge in [-0.2, -0.15) is 0 Å². The van der Waals surface area contributed by atoms with Gasteiger partial charge in [-0.05, 0) is 43.0 Å². The van der Waals surface area contributed by atoms with Crippen molar-refractivity contribution in [2.45, 2.75) is 25.3 Å². The van der Waals surface area contributed by atoms with Crippen molar-refractivity contribution in [2.24, 2.45) is 4.99 Å².